The Morgan fingerprint density at radius 3 is 2.69 bits per heavy atom. The molecule has 2 heterocycles. The average molecular weight is 215 g/mol. The molecule has 0 saturated heterocycles. The molecule has 2 rings (SSSR count). The van der Waals surface area contributed by atoms with Crippen molar-refractivity contribution in [3.63, 3.8) is 0 Å². The average Bonchev–Trinajstić information content (AvgIpc) is 2.67. The van der Waals surface area contributed by atoms with E-state index in [0.717, 1.165) is 12.2 Å². The second kappa shape index (κ2) is 4.08. The number of hydrogen-bond donors (Lipinski definition) is 0. The zero-order chi connectivity index (χ0) is 11.6. The summed E-state index contributed by atoms with van der Waals surface area (Å²) >= 11 is 0. The standard InChI is InChI=1S/C13H17N3/c1-13(2,3)16-8-7-15-12(16)9-11-5-4-6-14-10-11/h4-8,10H,9H2,1-3H3. The Kier molecular flexibility index (Phi) is 2.77. The molecular weight excluding hydrogens is 198 g/mol. The van der Waals surface area contributed by atoms with E-state index in [1.54, 1.807) is 6.20 Å². The van der Waals surface area contributed by atoms with Crippen LogP contribution in [-0.4, -0.2) is 14.5 Å². The van der Waals surface area contributed by atoms with E-state index in [9.17, 15) is 0 Å². The van der Waals surface area contributed by atoms with Crippen LogP contribution >= 0.6 is 0 Å². The molecule has 0 fully saturated rings. The van der Waals surface area contributed by atoms with E-state index in [-0.39, 0.29) is 5.54 Å². The van der Waals surface area contributed by atoms with Gasteiger partial charge in [0.05, 0.1) is 0 Å². The number of hydrogen-bond acceptors (Lipinski definition) is 2. The van der Waals surface area contributed by atoms with Gasteiger partial charge in [0.15, 0.2) is 0 Å². The third kappa shape index (κ3) is 2.30. The Bertz CT molecular complexity index is 452. The van der Waals surface area contributed by atoms with Gasteiger partial charge in [0.25, 0.3) is 0 Å². The molecule has 0 atom stereocenters. The monoisotopic (exact) mass is 215 g/mol. The van der Waals surface area contributed by atoms with Gasteiger partial charge in [-0.15, -0.1) is 0 Å². The van der Waals surface area contributed by atoms with Crippen molar-refractivity contribution in [3.8, 4) is 0 Å². The predicted octanol–water partition coefficient (Wildman–Crippen LogP) is 2.62. The quantitative estimate of drug-likeness (QED) is 0.771. The third-order valence-electron chi connectivity index (χ3n) is 2.53. The lowest BCUT2D eigenvalue weighted by atomic mass is 10.1. The van der Waals surface area contributed by atoms with Gasteiger partial charge in [-0.05, 0) is 32.4 Å². The van der Waals surface area contributed by atoms with Crippen molar-refractivity contribution < 1.29 is 0 Å². The highest BCUT2D eigenvalue weighted by Gasteiger charge is 2.16. The van der Waals surface area contributed by atoms with E-state index in [1.165, 1.54) is 5.56 Å². The van der Waals surface area contributed by atoms with Crippen molar-refractivity contribution in [3.05, 3.63) is 48.3 Å². The second-order valence-corrected chi connectivity index (χ2v) is 4.92. The fraction of sp³-hybridized carbons (Fsp3) is 0.385. The van der Waals surface area contributed by atoms with Crippen LogP contribution in [0.5, 0.6) is 0 Å². The molecule has 2 aromatic heterocycles. The highest BCUT2D eigenvalue weighted by atomic mass is 15.1. The van der Waals surface area contributed by atoms with Crippen LogP contribution in [0.15, 0.2) is 36.9 Å². The molecule has 0 saturated carbocycles. The Labute approximate surface area is 96.2 Å². The summed E-state index contributed by atoms with van der Waals surface area (Å²) in [4.78, 5) is 8.53. The summed E-state index contributed by atoms with van der Waals surface area (Å²) in [6, 6.07) is 4.04. The van der Waals surface area contributed by atoms with Gasteiger partial charge in [-0.3, -0.25) is 4.98 Å². The van der Waals surface area contributed by atoms with Crippen LogP contribution in [0.3, 0.4) is 0 Å². The molecule has 0 aliphatic heterocycles. The highest BCUT2D eigenvalue weighted by Crippen LogP contribution is 2.17. The van der Waals surface area contributed by atoms with Crippen molar-refractivity contribution >= 4 is 0 Å². The van der Waals surface area contributed by atoms with Crippen molar-refractivity contribution in [1.82, 2.24) is 14.5 Å². The molecule has 0 bridgehead atoms. The van der Waals surface area contributed by atoms with Crippen LogP contribution in [0.4, 0.5) is 0 Å². The van der Waals surface area contributed by atoms with Crippen LogP contribution in [0.1, 0.15) is 32.2 Å². The highest BCUT2D eigenvalue weighted by molar-refractivity contribution is 5.15. The van der Waals surface area contributed by atoms with Crippen LogP contribution in [0.25, 0.3) is 0 Å². The summed E-state index contributed by atoms with van der Waals surface area (Å²) in [5.74, 6) is 1.08. The van der Waals surface area contributed by atoms with Gasteiger partial charge in [0, 0.05) is 36.7 Å². The summed E-state index contributed by atoms with van der Waals surface area (Å²) in [5.41, 5.74) is 1.27. The first-order valence-electron chi connectivity index (χ1n) is 5.49. The fourth-order valence-corrected chi connectivity index (χ4v) is 1.76. The molecule has 0 spiro atoms. The van der Waals surface area contributed by atoms with Crippen molar-refractivity contribution in [2.45, 2.75) is 32.7 Å². The molecule has 84 valence electrons. The molecule has 0 aliphatic rings. The molecule has 2 aromatic rings. The molecule has 0 radical (unpaired) electrons. The second-order valence-electron chi connectivity index (χ2n) is 4.92. The number of aromatic nitrogens is 3. The molecule has 3 heteroatoms. The van der Waals surface area contributed by atoms with Gasteiger partial charge in [-0.25, -0.2) is 4.98 Å². The lowest BCUT2D eigenvalue weighted by Crippen LogP contribution is -2.23. The Balaban J connectivity index is 2.26. The maximum absolute atomic E-state index is 4.41. The number of rotatable bonds is 2. The van der Waals surface area contributed by atoms with Crippen LogP contribution < -0.4 is 0 Å². The molecule has 3 nitrogen and oxygen atoms in total. The zero-order valence-corrected chi connectivity index (χ0v) is 10.0. The minimum absolute atomic E-state index is 0.0774. The minimum atomic E-state index is 0.0774. The van der Waals surface area contributed by atoms with Gasteiger partial charge in [-0.2, -0.15) is 0 Å². The summed E-state index contributed by atoms with van der Waals surface area (Å²) in [5, 5.41) is 0. The first kappa shape index (κ1) is 10.9. The van der Waals surface area contributed by atoms with Crippen molar-refractivity contribution in [2.24, 2.45) is 0 Å². The zero-order valence-electron chi connectivity index (χ0n) is 10.0. The lowest BCUT2D eigenvalue weighted by molar-refractivity contribution is 0.384. The first-order chi connectivity index (χ1) is 7.57. The van der Waals surface area contributed by atoms with Crippen LogP contribution in [0, 0.1) is 0 Å². The van der Waals surface area contributed by atoms with Gasteiger partial charge in [0.1, 0.15) is 5.82 Å². The fourth-order valence-electron chi connectivity index (χ4n) is 1.76. The van der Waals surface area contributed by atoms with Crippen molar-refractivity contribution in [2.75, 3.05) is 0 Å². The van der Waals surface area contributed by atoms with E-state index >= 15 is 0 Å². The summed E-state index contributed by atoms with van der Waals surface area (Å²) in [7, 11) is 0. The molecule has 0 unspecified atom stereocenters. The summed E-state index contributed by atoms with van der Waals surface area (Å²) in [6.45, 7) is 6.55. The number of imidazole rings is 1. The maximum atomic E-state index is 4.41. The Morgan fingerprint density at radius 1 is 1.25 bits per heavy atom. The van der Waals surface area contributed by atoms with E-state index in [1.807, 2.05) is 24.7 Å². The lowest BCUT2D eigenvalue weighted by Gasteiger charge is -2.23. The predicted molar refractivity (Wildman–Crippen MR) is 64.3 cm³/mol. The summed E-state index contributed by atoms with van der Waals surface area (Å²) < 4.78 is 2.21. The van der Waals surface area contributed by atoms with Gasteiger partial charge < -0.3 is 4.57 Å². The largest absolute Gasteiger partial charge is 0.329 e. The Morgan fingerprint density at radius 2 is 2.06 bits per heavy atom. The number of nitrogens with zero attached hydrogens (tertiary/aromatic N) is 3. The SMILES string of the molecule is CC(C)(C)n1ccnc1Cc1cccnc1. The third-order valence-corrected chi connectivity index (χ3v) is 2.53. The van der Waals surface area contributed by atoms with Crippen molar-refractivity contribution in [1.29, 1.82) is 0 Å². The molecule has 16 heavy (non-hydrogen) atoms. The summed E-state index contributed by atoms with van der Waals surface area (Å²) in [6.07, 6.45) is 8.40. The topological polar surface area (TPSA) is 30.7 Å². The smallest absolute Gasteiger partial charge is 0.113 e. The van der Waals surface area contributed by atoms with Gasteiger partial charge in [0.2, 0.25) is 0 Å². The normalized spacial score (nSPS) is 11.7. The van der Waals surface area contributed by atoms with E-state index in [2.05, 4.69) is 41.4 Å². The van der Waals surface area contributed by atoms with Gasteiger partial charge >= 0.3 is 0 Å². The molecule has 0 N–H and O–H groups in total. The molecule has 0 amide bonds. The Hall–Kier alpha value is -1.64. The van der Waals surface area contributed by atoms with Crippen LogP contribution in [0.2, 0.25) is 0 Å². The molecular formula is C13H17N3. The first-order valence-corrected chi connectivity index (χ1v) is 5.49. The van der Waals surface area contributed by atoms with Gasteiger partial charge in [-0.1, -0.05) is 6.07 Å². The number of pyridine rings is 1. The minimum Gasteiger partial charge on any atom is -0.329 e. The maximum Gasteiger partial charge on any atom is 0.113 e. The van der Waals surface area contributed by atoms with Crippen LogP contribution in [-0.2, 0) is 12.0 Å². The molecule has 0 aromatic carbocycles. The van der Waals surface area contributed by atoms with E-state index in [0.29, 0.717) is 0 Å². The van der Waals surface area contributed by atoms with E-state index < -0.39 is 0 Å². The van der Waals surface area contributed by atoms with E-state index in [4.69, 9.17) is 0 Å². The molecule has 0 aliphatic carbocycles.